The van der Waals surface area contributed by atoms with E-state index < -0.39 is 4.92 Å². The summed E-state index contributed by atoms with van der Waals surface area (Å²) in [7, 11) is 0. The first-order valence-corrected chi connectivity index (χ1v) is 5.87. The van der Waals surface area contributed by atoms with Gasteiger partial charge in [-0.2, -0.15) is 0 Å². The quantitative estimate of drug-likeness (QED) is 0.462. The van der Waals surface area contributed by atoms with Gasteiger partial charge in [0.15, 0.2) is 0 Å². The van der Waals surface area contributed by atoms with Crippen molar-refractivity contribution in [1.82, 2.24) is 5.32 Å². The highest BCUT2D eigenvalue weighted by molar-refractivity contribution is 5.92. The molecule has 6 nitrogen and oxygen atoms in total. The molecule has 1 rings (SSSR count). The van der Waals surface area contributed by atoms with Crippen LogP contribution in [0.5, 0.6) is 0 Å². The Labute approximate surface area is 110 Å². The largest absolute Gasteiger partial charge is 0.396 e. The number of nitro benzene ring substituents is 1. The average Bonchev–Trinajstić information content (AvgIpc) is 2.36. The topological polar surface area (TPSA) is 92.5 Å². The summed E-state index contributed by atoms with van der Waals surface area (Å²) in [5.41, 5.74) is 0.326. The summed E-state index contributed by atoms with van der Waals surface area (Å²) < 4.78 is 0. The minimum Gasteiger partial charge on any atom is -0.396 e. The lowest BCUT2D eigenvalue weighted by molar-refractivity contribution is -0.385. The molecule has 1 amide bonds. The lowest BCUT2D eigenvalue weighted by atomic mass is 10.1. The van der Waals surface area contributed by atoms with E-state index in [0.29, 0.717) is 12.0 Å². The number of amides is 1. The van der Waals surface area contributed by atoms with Crippen LogP contribution in [0.25, 0.3) is 6.08 Å². The summed E-state index contributed by atoms with van der Waals surface area (Å²) in [6, 6.07) is 6.04. The summed E-state index contributed by atoms with van der Waals surface area (Å²) in [5, 5.41) is 22.1. The molecule has 1 unspecified atom stereocenters. The fourth-order valence-corrected chi connectivity index (χ4v) is 1.52. The Morgan fingerprint density at radius 1 is 1.53 bits per heavy atom. The Morgan fingerprint density at radius 3 is 2.84 bits per heavy atom. The van der Waals surface area contributed by atoms with Crippen molar-refractivity contribution < 1.29 is 14.8 Å². The second-order valence-corrected chi connectivity index (χ2v) is 4.07. The number of benzene rings is 1. The van der Waals surface area contributed by atoms with E-state index in [1.165, 1.54) is 18.2 Å². The van der Waals surface area contributed by atoms with Crippen LogP contribution in [0.15, 0.2) is 30.3 Å². The summed E-state index contributed by atoms with van der Waals surface area (Å²) in [4.78, 5) is 21.8. The van der Waals surface area contributed by atoms with Crippen LogP contribution in [0.1, 0.15) is 18.9 Å². The Hall–Kier alpha value is -2.21. The van der Waals surface area contributed by atoms with Crippen LogP contribution in [0, 0.1) is 10.1 Å². The van der Waals surface area contributed by atoms with Gasteiger partial charge in [0.25, 0.3) is 5.69 Å². The maximum atomic E-state index is 11.5. The van der Waals surface area contributed by atoms with Crippen LogP contribution in [0.3, 0.4) is 0 Å². The highest BCUT2D eigenvalue weighted by Gasteiger charge is 2.10. The van der Waals surface area contributed by atoms with Gasteiger partial charge in [0.1, 0.15) is 0 Å². The van der Waals surface area contributed by atoms with Gasteiger partial charge < -0.3 is 10.4 Å². The molecule has 0 bridgehead atoms. The van der Waals surface area contributed by atoms with Crippen molar-refractivity contribution in [3.63, 3.8) is 0 Å². The zero-order valence-corrected chi connectivity index (χ0v) is 10.6. The smallest absolute Gasteiger partial charge is 0.276 e. The van der Waals surface area contributed by atoms with Gasteiger partial charge in [-0.05, 0) is 25.5 Å². The SMILES string of the molecule is CC(CCO)NC(=O)/C=C/c1ccccc1[N+](=O)[O-]. The molecule has 0 heterocycles. The van der Waals surface area contributed by atoms with E-state index in [9.17, 15) is 14.9 Å². The van der Waals surface area contributed by atoms with Gasteiger partial charge in [0, 0.05) is 24.8 Å². The molecule has 1 aromatic rings. The molecule has 0 fully saturated rings. The molecule has 102 valence electrons. The zero-order chi connectivity index (χ0) is 14.3. The molecule has 0 aromatic heterocycles. The third-order valence-corrected chi connectivity index (χ3v) is 2.50. The molecule has 0 saturated carbocycles. The molecule has 1 aromatic carbocycles. The molecular weight excluding hydrogens is 248 g/mol. The molecule has 6 heteroatoms. The lowest BCUT2D eigenvalue weighted by Gasteiger charge is -2.09. The van der Waals surface area contributed by atoms with Gasteiger partial charge in [-0.1, -0.05) is 12.1 Å². The number of nitrogens with one attached hydrogen (secondary N) is 1. The Balaban J connectivity index is 2.71. The van der Waals surface area contributed by atoms with Crippen molar-refractivity contribution in [2.24, 2.45) is 0 Å². The third-order valence-electron chi connectivity index (χ3n) is 2.50. The Morgan fingerprint density at radius 2 is 2.21 bits per heavy atom. The predicted octanol–water partition coefficient (Wildman–Crippen LogP) is 1.50. The van der Waals surface area contributed by atoms with Gasteiger partial charge >= 0.3 is 0 Å². The van der Waals surface area contributed by atoms with Gasteiger partial charge in [0.2, 0.25) is 5.91 Å². The molecule has 0 radical (unpaired) electrons. The zero-order valence-electron chi connectivity index (χ0n) is 10.6. The second-order valence-electron chi connectivity index (χ2n) is 4.07. The minimum absolute atomic E-state index is 0.00464. The molecule has 0 aliphatic heterocycles. The van der Waals surface area contributed by atoms with Gasteiger partial charge in [0.05, 0.1) is 10.5 Å². The van der Waals surface area contributed by atoms with Crippen molar-refractivity contribution in [3.8, 4) is 0 Å². The molecular formula is C13H16N2O4. The van der Waals surface area contributed by atoms with Crippen LogP contribution < -0.4 is 5.32 Å². The number of hydrogen-bond acceptors (Lipinski definition) is 4. The monoisotopic (exact) mass is 264 g/mol. The number of carbonyl (C=O) groups excluding carboxylic acids is 1. The summed E-state index contributed by atoms with van der Waals surface area (Å²) in [5.74, 6) is -0.348. The molecule has 0 aliphatic carbocycles. The number of para-hydroxylation sites is 1. The number of nitrogens with zero attached hydrogens (tertiary/aromatic N) is 1. The average molecular weight is 264 g/mol. The maximum absolute atomic E-state index is 11.5. The van der Waals surface area contributed by atoms with Crippen LogP contribution in [-0.2, 0) is 4.79 Å². The molecule has 0 aliphatic rings. The number of nitro groups is 1. The molecule has 0 spiro atoms. The number of aliphatic hydroxyl groups excluding tert-OH is 1. The predicted molar refractivity (Wildman–Crippen MR) is 71.4 cm³/mol. The van der Waals surface area contributed by atoms with E-state index >= 15 is 0 Å². The van der Waals surface area contributed by atoms with Crippen LogP contribution in [0.2, 0.25) is 0 Å². The standard InChI is InChI=1S/C13H16N2O4/c1-10(8-9-16)14-13(17)7-6-11-4-2-3-5-12(11)15(18)19/h2-7,10,16H,8-9H2,1H3,(H,14,17)/b7-6+. The van der Waals surface area contributed by atoms with E-state index in [4.69, 9.17) is 5.11 Å². The van der Waals surface area contributed by atoms with Gasteiger partial charge in [-0.15, -0.1) is 0 Å². The maximum Gasteiger partial charge on any atom is 0.276 e. The van der Waals surface area contributed by atoms with Crippen molar-refractivity contribution in [2.45, 2.75) is 19.4 Å². The fraction of sp³-hybridized carbons (Fsp3) is 0.308. The van der Waals surface area contributed by atoms with E-state index in [1.54, 1.807) is 25.1 Å². The van der Waals surface area contributed by atoms with Gasteiger partial charge in [-0.25, -0.2) is 0 Å². The number of hydrogen-bond donors (Lipinski definition) is 2. The first-order valence-electron chi connectivity index (χ1n) is 5.87. The third kappa shape index (κ3) is 4.89. The van der Waals surface area contributed by atoms with E-state index in [-0.39, 0.29) is 24.2 Å². The first kappa shape index (κ1) is 14.8. The summed E-state index contributed by atoms with van der Waals surface area (Å²) in [6.07, 6.45) is 3.11. The number of aliphatic hydroxyl groups is 1. The van der Waals surface area contributed by atoms with Crippen LogP contribution in [-0.4, -0.2) is 28.6 Å². The first-order chi connectivity index (χ1) is 9.04. The van der Waals surface area contributed by atoms with Gasteiger partial charge in [-0.3, -0.25) is 14.9 Å². The van der Waals surface area contributed by atoms with E-state index in [1.807, 2.05) is 0 Å². The Kier molecular flexibility index (Phi) is 5.69. The summed E-state index contributed by atoms with van der Waals surface area (Å²) in [6.45, 7) is 1.77. The normalized spacial score (nSPS) is 12.3. The van der Waals surface area contributed by atoms with Crippen molar-refractivity contribution in [3.05, 3.63) is 46.0 Å². The Bertz CT molecular complexity index is 485. The molecule has 1 atom stereocenters. The highest BCUT2D eigenvalue weighted by Crippen LogP contribution is 2.18. The molecule has 2 N–H and O–H groups in total. The lowest BCUT2D eigenvalue weighted by Crippen LogP contribution is -2.31. The van der Waals surface area contributed by atoms with Crippen LogP contribution >= 0.6 is 0 Å². The van der Waals surface area contributed by atoms with Crippen LogP contribution in [0.4, 0.5) is 5.69 Å². The minimum atomic E-state index is -0.494. The summed E-state index contributed by atoms with van der Waals surface area (Å²) >= 11 is 0. The van der Waals surface area contributed by atoms with Crippen molar-refractivity contribution >= 4 is 17.7 Å². The van der Waals surface area contributed by atoms with Crippen molar-refractivity contribution in [1.29, 1.82) is 0 Å². The molecule has 0 saturated heterocycles. The second kappa shape index (κ2) is 7.27. The van der Waals surface area contributed by atoms with E-state index in [0.717, 1.165) is 0 Å². The van der Waals surface area contributed by atoms with Crippen molar-refractivity contribution in [2.75, 3.05) is 6.61 Å². The molecule has 19 heavy (non-hydrogen) atoms. The fourth-order valence-electron chi connectivity index (χ4n) is 1.52. The number of rotatable bonds is 6. The van der Waals surface area contributed by atoms with E-state index in [2.05, 4.69) is 5.32 Å². The number of carbonyl (C=O) groups is 1. The highest BCUT2D eigenvalue weighted by atomic mass is 16.6.